The van der Waals surface area contributed by atoms with Gasteiger partial charge in [0.25, 0.3) is 0 Å². The number of aromatic nitrogens is 1. The summed E-state index contributed by atoms with van der Waals surface area (Å²) in [6, 6.07) is 10.6. The third kappa shape index (κ3) is 4.22. The van der Waals surface area contributed by atoms with E-state index in [1.54, 1.807) is 7.11 Å². The van der Waals surface area contributed by atoms with Crippen molar-refractivity contribution < 1.29 is 9.53 Å². The van der Waals surface area contributed by atoms with E-state index in [4.69, 9.17) is 4.74 Å². The lowest BCUT2D eigenvalue weighted by atomic mass is 10.00. The summed E-state index contributed by atoms with van der Waals surface area (Å²) in [6.07, 6.45) is 5.95. The summed E-state index contributed by atoms with van der Waals surface area (Å²) in [4.78, 5) is 22.0. The quantitative estimate of drug-likeness (QED) is 0.843. The van der Waals surface area contributed by atoms with Crippen LogP contribution in [0.4, 0.5) is 11.5 Å². The predicted molar refractivity (Wildman–Crippen MR) is 116 cm³/mol. The summed E-state index contributed by atoms with van der Waals surface area (Å²) in [5, 5.41) is 3.00. The molecule has 6 heteroatoms. The van der Waals surface area contributed by atoms with E-state index in [0.717, 1.165) is 55.8 Å². The van der Waals surface area contributed by atoms with E-state index in [0.29, 0.717) is 11.9 Å². The molecule has 1 fully saturated rings. The molecule has 2 heterocycles. The van der Waals surface area contributed by atoms with Crippen LogP contribution in [0.1, 0.15) is 36.3 Å². The molecule has 1 aliphatic heterocycles. The zero-order chi connectivity index (χ0) is 20.4. The molecule has 0 bridgehead atoms. The van der Waals surface area contributed by atoms with Crippen LogP contribution in [0.3, 0.4) is 0 Å². The van der Waals surface area contributed by atoms with Crippen LogP contribution in [-0.4, -0.2) is 56.1 Å². The first-order chi connectivity index (χ1) is 14.0. The van der Waals surface area contributed by atoms with Crippen molar-refractivity contribution in [3.8, 4) is 5.75 Å². The summed E-state index contributed by atoms with van der Waals surface area (Å²) in [5.74, 6) is 1.26. The van der Waals surface area contributed by atoms with Crippen molar-refractivity contribution in [3.63, 3.8) is 0 Å². The molecule has 0 saturated carbocycles. The van der Waals surface area contributed by atoms with E-state index in [9.17, 15) is 4.79 Å². The zero-order valence-electron chi connectivity index (χ0n) is 17.5. The van der Waals surface area contributed by atoms with Crippen LogP contribution in [0, 0.1) is 0 Å². The largest absolute Gasteiger partial charge is 0.497 e. The number of fused-ring (bicyclic) bond motifs is 1. The number of piperidine rings is 1. The van der Waals surface area contributed by atoms with Gasteiger partial charge < -0.3 is 19.9 Å². The second-order valence-corrected chi connectivity index (χ2v) is 8.23. The van der Waals surface area contributed by atoms with Crippen molar-refractivity contribution in [2.45, 2.75) is 37.6 Å². The lowest BCUT2D eigenvalue weighted by molar-refractivity contribution is -0.117. The Morgan fingerprint density at radius 1 is 1.17 bits per heavy atom. The molecular weight excluding hydrogens is 364 g/mol. The first kappa shape index (κ1) is 19.7. The highest BCUT2D eigenvalue weighted by Gasteiger charge is 2.29. The molecule has 1 aromatic heterocycles. The maximum atomic E-state index is 12.9. The maximum absolute atomic E-state index is 12.9. The van der Waals surface area contributed by atoms with E-state index in [2.05, 4.69) is 46.3 Å². The fraction of sp³-hybridized carbons (Fsp3) is 0.478. The number of methoxy groups -OCH3 is 1. The number of aryl methyl sites for hydroxylation is 1. The summed E-state index contributed by atoms with van der Waals surface area (Å²) in [5.41, 5.74) is 3.42. The van der Waals surface area contributed by atoms with E-state index in [-0.39, 0.29) is 11.8 Å². The van der Waals surface area contributed by atoms with Gasteiger partial charge in [-0.25, -0.2) is 4.98 Å². The Bertz CT molecular complexity index is 858. The van der Waals surface area contributed by atoms with E-state index in [1.807, 2.05) is 24.4 Å². The highest BCUT2D eigenvalue weighted by Crippen LogP contribution is 2.36. The van der Waals surface area contributed by atoms with E-state index in [1.165, 1.54) is 5.56 Å². The van der Waals surface area contributed by atoms with Gasteiger partial charge in [0.15, 0.2) is 0 Å². The average molecular weight is 395 g/mol. The van der Waals surface area contributed by atoms with Crippen molar-refractivity contribution in [1.82, 2.24) is 9.88 Å². The molecule has 154 valence electrons. The predicted octanol–water partition coefficient (Wildman–Crippen LogP) is 3.29. The Morgan fingerprint density at radius 2 is 1.97 bits per heavy atom. The SMILES string of the molecule is COc1ccc2c(c1)C(C(=O)Nc1ccc(N3CCC(N(C)C)CC3)cn1)CC2. The number of ether oxygens (including phenoxy) is 1. The Balaban J connectivity index is 1.38. The van der Waals surface area contributed by atoms with Gasteiger partial charge >= 0.3 is 0 Å². The van der Waals surface area contributed by atoms with E-state index < -0.39 is 0 Å². The number of carbonyl (C=O) groups excluding carboxylic acids is 1. The third-order valence-corrected chi connectivity index (χ3v) is 6.31. The highest BCUT2D eigenvalue weighted by atomic mass is 16.5. The van der Waals surface area contributed by atoms with Gasteiger partial charge in [0.05, 0.1) is 24.9 Å². The Hall–Kier alpha value is -2.60. The molecule has 4 rings (SSSR count). The van der Waals surface area contributed by atoms with Crippen LogP contribution in [-0.2, 0) is 11.2 Å². The summed E-state index contributed by atoms with van der Waals surface area (Å²) < 4.78 is 5.32. The molecular formula is C23H30N4O2. The fourth-order valence-electron chi connectivity index (χ4n) is 4.48. The van der Waals surface area contributed by atoms with Crippen molar-refractivity contribution in [2.24, 2.45) is 0 Å². The summed E-state index contributed by atoms with van der Waals surface area (Å²) >= 11 is 0. The molecule has 1 N–H and O–H groups in total. The molecule has 1 atom stereocenters. The van der Waals surface area contributed by atoms with Gasteiger partial charge in [-0.1, -0.05) is 6.07 Å². The number of anilines is 2. The van der Waals surface area contributed by atoms with E-state index >= 15 is 0 Å². The maximum Gasteiger partial charge on any atom is 0.233 e. The van der Waals surface area contributed by atoms with Crippen LogP contribution in [0.25, 0.3) is 0 Å². The zero-order valence-corrected chi connectivity index (χ0v) is 17.5. The van der Waals surface area contributed by atoms with Crippen LogP contribution < -0.4 is 15.0 Å². The van der Waals surface area contributed by atoms with Crippen LogP contribution in [0.15, 0.2) is 36.5 Å². The minimum absolute atomic E-state index is 0.00375. The van der Waals surface area contributed by atoms with Gasteiger partial charge in [-0.15, -0.1) is 0 Å². The van der Waals surface area contributed by atoms with Crippen molar-refractivity contribution in [2.75, 3.05) is 44.5 Å². The van der Waals surface area contributed by atoms with Gasteiger partial charge in [0.2, 0.25) is 5.91 Å². The first-order valence-electron chi connectivity index (χ1n) is 10.4. The van der Waals surface area contributed by atoms with Crippen LogP contribution in [0.2, 0.25) is 0 Å². The molecule has 29 heavy (non-hydrogen) atoms. The Kier molecular flexibility index (Phi) is 5.72. The van der Waals surface area contributed by atoms with Gasteiger partial charge in [-0.2, -0.15) is 0 Å². The molecule has 2 aromatic rings. The minimum atomic E-state index is -0.147. The molecule has 1 aromatic carbocycles. The number of nitrogens with one attached hydrogen (secondary N) is 1. The number of carbonyl (C=O) groups is 1. The van der Waals surface area contributed by atoms with Crippen molar-refractivity contribution in [1.29, 1.82) is 0 Å². The monoisotopic (exact) mass is 394 g/mol. The fourth-order valence-corrected chi connectivity index (χ4v) is 4.48. The van der Waals surface area contributed by atoms with Crippen molar-refractivity contribution >= 4 is 17.4 Å². The molecule has 0 radical (unpaired) electrons. The molecule has 1 saturated heterocycles. The topological polar surface area (TPSA) is 57.7 Å². The Labute approximate surface area is 172 Å². The number of nitrogens with zero attached hydrogens (tertiary/aromatic N) is 3. The number of benzene rings is 1. The third-order valence-electron chi connectivity index (χ3n) is 6.31. The first-order valence-corrected chi connectivity index (χ1v) is 10.4. The number of amides is 1. The second kappa shape index (κ2) is 8.41. The van der Waals surface area contributed by atoms with Crippen molar-refractivity contribution in [3.05, 3.63) is 47.7 Å². The second-order valence-electron chi connectivity index (χ2n) is 8.23. The molecule has 2 aliphatic rings. The smallest absolute Gasteiger partial charge is 0.233 e. The van der Waals surface area contributed by atoms with Crippen LogP contribution >= 0.6 is 0 Å². The number of hydrogen-bond acceptors (Lipinski definition) is 5. The number of hydrogen-bond donors (Lipinski definition) is 1. The van der Waals surface area contributed by atoms with Gasteiger partial charge in [0, 0.05) is 19.1 Å². The van der Waals surface area contributed by atoms with Gasteiger partial charge in [-0.05, 0) is 75.2 Å². The normalized spacial score (nSPS) is 19.3. The standard InChI is InChI=1S/C23H30N4O2/c1-26(2)17-10-12-27(13-11-17)18-6-9-22(24-15-18)25-23(28)20-8-5-16-4-7-19(29-3)14-21(16)20/h4,6-7,9,14-15,17,20H,5,8,10-13H2,1-3H3,(H,24,25,28). The molecule has 1 aliphatic carbocycles. The molecule has 1 amide bonds. The summed E-state index contributed by atoms with van der Waals surface area (Å²) in [7, 11) is 5.95. The Morgan fingerprint density at radius 3 is 2.62 bits per heavy atom. The molecule has 0 spiro atoms. The van der Waals surface area contributed by atoms with Gasteiger partial charge in [0.1, 0.15) is 11.6 Å². The number of pyridine rings is 1. The highest BCUT2D eigenvalue weighted by molar-refractivity contribution is 5.96. The summed E-state index contributed by atoms with van der Waals surface area (Å²) in [6.45, 7) is 2.08. The molecule has 6 nitrogen and oxygen atoms in total. The van der Waals surface area contributed by atoms with Crippen LogP contribution in [0.5, 0.6) is 5.75 Å². The molecule has 1 unspecified atom stereocenters. The van der Waals surface area contributed by atoms with Gasteiger partial charge in [-0.3, -0.25) is 4.79 Å². The number of rotatable bonds is 5. The average Bonchev–Trinajstić information content (AvgIpc) is 3.17. The lowest BCUT2D eigenvalue weighted by Crippen LogP contribution is -2.42. The lowest BCUT2D eigenvalue weighted by Gasteiger charge is -2.36. The minimum Gasteiger partial charge on any atom is -0.497 e.